The Bertz CT molecular complexity index is 1840. The molecule has 2 atom stereocenters. The zero-order chi connectivity index (χ0) is 28.6. The van der Waals surface area contributed by atoms with Gasteiger partial charge in [0, 0.05) is 17.6 Å². The van der Waals surface area contributed by atoms with Crippen LogP contribution in [-0.4, -0.2) is 23.8 Å². The van der Waals surface area contributed by atoms with E-state index in [2.05, 4.69) is 85.0 Å². The van der Waals surface area contributed by atoms with Crippen LogP contribution in [0.5, 0.6) is 5.75 Å². The van der Waals surface area contributed by atoms with Crippen molar-refractivity contribution < 1.29 is 14.5 Å². The van der Waals surface area contributed by atoms with Crippen molar-refractivity contribution in [2.24, 2.45) is 0 Å². The summed E-state index contributed by atoms with van der Waals surface area (Å²) < 4.78 is 13.0. The molecule has 7 rings (SSSR count). The molecule has 0 aromatic heterocycles. The standard InChI is InChI=1S/C36H32BNO3/c1-34(2,39)35(3,4)41-37-25-14-16-30-33(20-25)40-32-17-22(21-38)13-15-29(32)36(30)28-12-8-7-11-26(28)27-18-23-9-5-6-10-24(23)19-31(27)36/h5-19,25,37,39H,20H2,1-4H3. The highest BCUT2D eigenvalue weighted by Gasteiger charge is 2.52. The Balaban J connectivity index is 1.43. The summed E-state index contributed by atoms with van der Waals surface area (Å²) in [6, 6.07) is 30.0. The molecule has 0 bridgehead atoms. The van der Waals surface area contributed by atoms with Crippen molar-refractivity contribution >= 4 is 18.3 Å². The molecule has 4 aromatic carbocycles. The summed E-state index contributed by atoms with van der Waals surface area (Å²) in [5, 5.41) is 22.8. The lowest BCUT2D eigenvalue weighted by Crippen LogP contribution is -2.48. The van der Waals surface area contributed by atoms with Gasteiger partial charge in [-0.3, -0.25) is 0 Å². The lowest BCUT2D eigenvalue weighted by molar-refractivity contribution is -0.0908. The molecule has 5 heteroatoms. The van der Waals surface area contributed by atoms with E-state index in [-0.39, 0.29) is 5.82 Å². The number of benzene rings is 4. The highest BCUT2D eigenvalue weighted by molar-refractivity contribution is 6.31. The van der Waals surface area contributed by atoms with E-state index in [9.17, 15) is 10.4 Å². The molecule has 4 nitrogen and oxygen atoms in total. The second-order valence-electron chi connectivity index (χ2n) is 12.5. The van der Waals surface area contributed by atoms with Crippen molar-refractivity contribution in [1.29, 1.82) is 5.26 Å². The quantitative estimate of drug-likeness (QED) is 0.277. The molecule has 202 valence electrons. The van der Waals surface area contributed by atoms with Gasteiger partial charge in [0.25, 0.3) is 7.48 Å². The number of aliphatic hydroxyl groups is 1. The number of fused-ring (bicyclic) bond motifs is 9. The van der Waals surface area contributed by atoms with Crippen molar-refractivity contribution in [1.82, 2.24) is 0 Å². The van der Waals surface area contributed by atoms with Crippen LogP contribution >= 0.6 is 0 Å². The maximum Gasteiger partial charge on any atom is 0.283 e. The van der Waals surface area contributed by atoms with Crippen molar-refractivity contribution in [3.63, 3.8) is 0 Å². The molecule has 0 fully saturated rings. The van der Waals surface area contributed by atoms with Crippen LogP contribution in [0.2, 0.25) is 5.82 Å². The third-order valence-corrected chi connectivity index (χ3v) is 9.48. The van der Waals surface area contributed by atoms with Gasteiger partial charge in [0.2, 0.25) is 0 Å². The van der Waals surface area contributed by atoms with Gasteiger partial charge in [0.05, 0.1) is 28.2 Å². The molecule has 1 N–H and O–H groups in total. The Morgan fingerprint density at radius 3 is 2.39 bits per heavy atom. The summed E-state index contributed by atoms with van der Waals surface area (Å²) in [5.74, 6) is 1.71. The molecule has 0 saturated carbocycles. The van der Waals surface area contributed by atoms with E-state index in [1.54, 1.807) is 13.8 Å². The van der Waals surface area contributed by atoms with Crippen molar-refractivity contribution in [2.45, 2.75) is 56.6 Å². The van der Waals surface area contributed by atoms with Crippen LogP contribution in [0.15, 0.2) is 102 Å². The van der Waals surface area contributed by atoms with Crippen LogP contribution in [0, 0.1) is 11.3 Å². The van der Waals surface area contributed by atoms with E-state index in [0.29, 0.717) is 19.5 Å². The highest BCUT2D eigenvalue weighted by atomic mass is 16.5. The lowest BCUT2D eigenvalue weighted by Gasteiger charge is -2.42. The number of allylic oxidation sites excluding steroid dienone is 4. The molecule has 1 aliphatic heterocycles. The van der Waals surface area contributed by atoms with Crippen molar-refractivity contribution in [3.8, 4) is 22.9 Å². The predicted octanol–water partition coefficient (Wildman–Crippen LogP) is 7.34. The second kappa shape index (κ2) is 8.95. The zero-order valence-corrected chi connectivity index (χ0v) is 23.9. The van der Waals surface area contributed by atoms with Crippen LogP contribution in [0.1, 0.15) is 56.4 Å². The highest BCUT2D eigenvalue weighted by Crippen LogP contribution is 2.62. The minimum atomic E-state index is -0.978. The molecule has 0 saturated heterocycles. The Morgan fingerprint density at radius 2 is 1.63 bits per heavy atom. The molecular formula is C36H32BNO3. The van der Waals surface area contributed by atoms with Crippen LogP contribution in [0.4, 0.5) is 0 Å². The van der Waals surface area contributed by atoms with Crippen LogP contribution in [-0.2, 0) is 10.1 Å². The lowest BCUT2D eigenvalue weighted by atomic mass is 9.62. The van der Waals surface area contributed by atoms with Gasteiger partial charge in [-0.15, -0.1) is 0 Å². The molecule has 1 heterocycles. The van der Waals surface area contributed by atoms with E-state index in [4.69, 9.17) is 9.39 Å². The van der Waals surface area contributed by atoms with E-state index >= 15 is 0 Å². The number of hydrogen-bond acceptors (Lipinski definition) is 4. The number of ether oxygens (including phenoxy) is 1. The average Bonchev–Trinajstić information content (AvgIpc) is 3.24. The molecule has 1 spiro atoms. The summed E-state index contributed by atoms with van der Waals surface area (Å²) in [6.07, 6.45) is 5.13. The van der Waals surface area contributed by atoms with Gasteiger partial charge in [-0.1, -0.05) is 66.7 Å². The van der Waals surface area contributed by atoms with Gasteiger partial charge in [-0.25, -0.2) is 0 Å². The van der Waals surface area contributed by atoms with E-state index in [1.165, 1.54) is 33.0 Å². The molecule has 2 unspecified atom stereocenters. The van der Waals surface area contributed by atoms with E-state index in [1.807, 2.05) is 26.0 Å². The Labute approximate surface area is 241 Å². The fourth-order valence-corrected chi connectivity index (χ4v) is 6.59. The first-order chi connectivity index (χ1) is 19.6. The number of hydrogen-bond donors (Lipinski definition) is 1. The van der Waals surface area contributed by atoms with Crippen molar-refractivity contribution in [3.05, 3.63) is 125 Å². The van der Waals surface area contributed by atoms with Crippen LogP contribution < -0.4 is 4.74 Å². The second-order valence-corrected chi connectivity index (χ2v) is 12.5. The molecule has 3 aliphatic rings. The first-order valence-electron chi connectivity index (χ1n) is 14.3. The summed E-state index contributed by atoms with van der Waals surface area (Å²) >= 11 is 0. The Kier molecular flexibility index (Phi) is 5.64. The van der Waals surface area contributed by atoms with Crippen molar-refractivity contribution in [2.75, 3.05) is 0 Å². The minimum Gasteiger partial charge on any atom is -0.461 e. The molecular weight excluding hydrogens is 505 g/mol. The van der Waals surface area contributed by atoms with Crippen LogP contribution in [0.25, 0.3) is 21.9 Å². The SMILES string of the molecule is CC(C)(O)C(C)(C)OBC1C=CC2=C(C1)Oc1cc(C#N)ccc1C21c2ccccc2-c2cc3ccccc3cc21. The topological polar surface area (TPSA) is 62.5 Å². The zero-order valence-electron chi connectivity index (χ0n) is 23.9. The third-order valence-electron chi connectivity index (χ3n) is 9.48. The van der Waals surface area contributed by atoms with Gasteiger partial charge >= 0.3 is 0 Å². The fourth-order valence-electron chi connectivity index (χ4n) is 6.59. The normalized spacial score (nSPS) is 20.6. The predicted molar refractivity (Wildman–Crippen MR) is 164 cm³/mol. The largest absolute Gasteiger partial charge is 0.461 e. The first-order valence-corrected chi connectivity index (χ1v) is 14.3. The number of nitriles is 1. The Hall–Kier alpha value is -4.11. The third kappa shape index (κ3) is 3.75. The fraction of sp³-hybridized carbons (Fsp3) is 0.250. The smallest absolute Gasteiger partial charge is 0.283 e. The molecule has 0 amide bonds. The van der Waals surface area contributed by atoms with Crippen LogP contribution in [0.3, 0.4) is 0 Å². The summed E-state index contributed by atoms with van der Waals surface area (Å²) in [5.41, 5.74) is 5.44. The van der Waals surface area contributed by atoms with Gasteiger partial charge in [0.1, 0.15) is 11.5 Å². The average molecular weight is 537 g/mol. The molecule has 4 aromatic rings. The van der Waals surface area contributed by atoms with Gasteiger partial charge in [0.15, 0.2) is 0 Å². The molecule has 41 heavy (non-hydrogen) atoms. The Morgan fingerprint density at radius 1 is 0.902 bits per heavy atom. The number of nitrogens with zero attached hydrogens (tertiary/aromatic N) is 1. The summed E-state index contributed by atoms with van der Waals surface area (Å²) in [4.78, 5) is 0. The molecule has 0 radical (unpaired) electrons. The van der Waals surface area contributed by atoms with Gasteiger partial charge in [-0.2, -0.15) is 5.26 Å². The minimum absolute atomic E-state index is 0.0841. The maximum absolute atomic E-state index is 10.6. The first kappa shape index (κ1) is 25.8. The summed E-state index contributed by atoms with van der Waals surface area (Å²) in [7, 11) is 0.462. The maximum atomic E-state index is 10.6. The summed E-state index contributed by atoms with van der Waals surface area (Å²) in [6.45, 7) is 7.40. The van der Waals surface area contributed by atoms with E-state index in [0.717, 1.165) is 22.6 Å². The number of rotatable bonds is 4. The van der Waals surface area contributed by atoms with E-state index < -0.39 is 16.6 Å². The van der Waals surface area contributed by atoms with Gasteiger partial charge < -0.3 is 14.5 Å². The molecule has 2 aliphatic carbocycles. The van der Waals surface area contributed by atoms with Gasteiger partial charge in [-0.05, 0) is 90.8 Å². The monoisotopic (exact) mass is 537 g/mol.